The number of para-hydroxylation sites is 3. The third-order valence-electron chi connectivity index (χ3n) is 7.36. The largest absolute Gasteiger partial charge is 0.458 e. The zero-order valence-corrected chi connectivity index (χ0v) is 19.2. The van der Waals surface area contributed by atoms with Gasteiger partial charge in [-0.25, -0.2) is 0 Å². The molecule has 0 spiro atoms. The summed E-state index contributed by atoms with van der Waals surface area (Å²) in [5.74, 6) is 3.52. The van der Waals surface area contributed by atoms with E-state index in [1.54, 1.807) is 0 Å². The third kappa shape index (κ3) is 2.57. The number of rotatable bonds is 1. The zero-order chi connectivity index (χ0) is 23.1. The first-order chi connectivity index (χ1) is 17.3. The van der Waals surface area contributed by atoms with Crippen LogP contribution in [0.3, 0.4) is 0 Å². The molecule has 35 heavy (non-hydrogen) atoms. The van der Waals surface area contributed by atoms with Crippen molar-refractivity contribution >= 4 is 44.9 Å². The van der Waals surface area contributed by atoms with Crippen molar-refractivity contribution in [2.45, 2.75) is 6.92 Å². The molecular formula is C31H20BNO2. The lowest BCUT2D eigenvalue weighted by Gasteiger charge is -2.33. The molecule has 0 aliphatic carbocycles. The smallest absolute Gasteiger partial charge is 0.260 e. The lowest BCUT2D eigenvalue weighted by Crippen LogP contribution is -2.57. The SMILES string of the molecule is Cc1ccc2c3ccccc3n(-c3cc4c5c(c3)Oc3ccccc3B5c3ccccc3O4)c2c1. The maximum Gasteiger partial charge on any atom is 0.260 e. The van der Waals surface area contributed by atoms with Gasteiger partial charge in [-0.1, -0.05) is 66.7 Å². The molecule has 3 nitrogen and oxygen atoms in total. The first-order valence-corrected chi connectivity index (χ1v) is 12.0. The summed E-state index contributed by atoms with van der Waals surface area (Å²) in [5.41, 5.74) is 8.08. The van der Waals surface area contributed by atoms with E-state index in [0.29, 0.717) is 0 Å². The minimum absolute atomic E-state index is 0.0874. The predicted octanol–water partition coefficient (Wildman–Crippen LogP) is 5.82. The van der Waals surface area contributed by atoms with Gasteiger partial charge in [0.05, 0.1) is 16.7 Å². The van der Waals surface area contributed by atoms with E-state index < -0.39 is 0 Å². The van der Waals surface area contributed by atoms with Crippen molar-refractivity contribution in [1.82, 2.24) is 4.57 Å². The zero-order valence-electron chi connectivity index (χ0n) is 19.2. The summed E-state index contributed by atoms with van der Waals surface area (Å²) in [6.45, 7) is 2.23. The Bertz CT molecular complexity index is 1760. The van der Waals surface area contributed by atoms with Gasteiger partial charge in [0.15, 0.2) is 0 Å². The number of aromatic nitrogens is 1. The standard InChI is InChI=1S/C31H20BNO2/c1-19-14-15-22-21-8-2-5-11-25(21)33(26(22)16-19)20-17-29-31-30(18-20)35-28-13-7-4-10-24(28)32(31)23-9-3-6-12-27(23)34-29/h2-18H,1H3. The van der Waals surface area contributed by atoms with Crippen molar-refractivity contribution in [1.29, 1.82) is 0 Å². The van der Waals surface area contributed by atoms with E-state index in [0.717, 1.165) is 34.1 Å². The van der Waals surface area contributed by atoms with Gasteiger partial charge in [-0.2, -0.15) is 0 Å². The van der Waals surface area contributed by atoms with Gasteiger partial charge in [-0.3, -0.25) is 0 Å². The number of fused-ring (bicyclic) bond motifs is 7. The number of benzene rings is 5. The van der Waals surface area contributed by atoms with E-state index >= 15 is 0 Å². The van der Waals surface area contributed by atoms with E-state index in [1.807, 2.05) is 12.1 Å². The van der Waals surface area contributed by atoms with Gasteiger partial charge >= 0.3 is 0 Å². The van der Waals surface area contributed by atoms with Crippen molar-refractivity contribution in [3.8, 4) is 28.7 Å². The van der Waals surface area contributed by atoms with Crippen LogP contribution in [0.1, 0.15) is 5.56 Å². The molecule has 2 aliphatic rings. The number of nitrogens with zero attached hydrogens (tertiary/aromatic N) is 1. The Morgan fingerprint density at radius 1 is 0.571 bits per heavy atom. The van der Waals surface area contributed by atoms with Crippen LogP contribution in [-0.4, -0.2) is 11.3 Å². The monoisotopic (exact) mass is 449 g/mol. The average Bonchev–Trinajstić information content (AvgIpc) is 3.21. The fourth-order valence-electron chi connectivity index (χ4n) is 5.87. The van der Waals surface area contributed by atoms with Crippen molar-refractivity contribution in [2.24, 2.45) is 0 Å². The maximum absolute atomic E-state index is 6.53. The van der Waals surface area contributed by atoms with Gasteiger partial charge in [0, 0.05) is 28.4 Å². The van der Waals surface area contributed by atoms with Crippen LogP contribution in [-0.2, 0) is 0 Å². The molecule has 5 aromatic carbocycles. The van der Waals surface area contributed by atoms with Gasteiger partial charge < -0.3 is 14.0 Å². The molecule has 8 rings (SSSR count). The summed E-state index contributed by atoms with van der Waals surface area (Å²) in [6, 6.07) is 36.3. The molecule has 0 unspecified atom stereocenters. The molecule has 2 aliphatic heterocycles. The van der Waals surface area contributed by atoms with Gasteiger partial charge in [-0.15, -0.1) is 0 Å². The summed E-state index contributed by atoms with van der Waals surface area (Å²) in [5, 5.41) is 2.48. The minimum Gasteiger partial charge on any atom is -0.458 e. The molecule has 0 radical (unpaired) electrons. The van der Waals surface area contributed by atoms with Crippen LogP contribution in [0.4, 0.5) is 0 Å². The number of ether oxygens (including phenoxy) is 2. The summed E-state index contributed by atoms with van der Waals surface area (Å²) >= 11 is 0. The van der Waals surface area contributed by atoms with Crippen LogP contribution in [0.25, 0.3) is 27.5 Å². The molecule has 0 amide bonds. The Kier molecular flexibility index (Phi) is 3.68. The first-order valence-electron chi connectivity index (χ1n) is 12.0. The Balaban J connectivity index is 1.45. The second-order valence-corrected chi connectivity index (χ2v) is 9.44. The molecule has 0 saturated heterocycles. The van der Waals surface area contributed by atoms with E-state index in [9.17, 15) is 0 Å². The number of hydrogen-bond donors (Lipinski definition) is 0. The fourth-order valence-corrected chi connectivity index (χ4v) is 5.87. The highest BCUT2D eigenvalue weighted by molar-refractivity contribution is 6.98. The highest BCUT2D eigenvalue weighted by Crippen LogP contribution is 2.39. The Morgan fingerprint density at radius 3 is 1.89 bits per heavy atom. The van der Waals surface area contributed by atoms with Crippen LogP contribution in [0.2, 0.25) is 0 Å². The van der Waals surface area contributed by atoms with E-state index in [-0.39, 0.29) is 6.71 Å². The second kappa shape index (κ2) is 6.80. The Labute approximate surface area is 203 Å². The summed E-state index contributed by atoms with van der Waals surface area (Å²) < 4.78 is 15.4. The van der Waals surface area contributed by atoms with Crippen LogP contribution < -0.4 is 25.9 Å². The molecule has 0 saturated carbocycles. The normalized spacial score (nSPS) is 13.1. The van der Waals surface area contributed by atoms with Crippen molar-refractivity contribution < 1.29 is 9.47 Å². The average molecular weight is 449 g/mol. The lowest BCUT2D eigenvalue weighted by molar-refractivity contribution is 0.464. The highest BCUT2D eigenvalue weighted by atomic mass is 16.5. The molecule has 0 bridgehead atoms. The minimum atomic E-state index is 0.0874. The van der Waals surface area contributed by atoms with Crippen molar-refractivity contribution in [3.63, 3.8) is 0 Å². The Hall–Kier alpha value is -4.44. The third-order valence-corrected chi connectivity index (χ3v) is 7.36. The molecule has 6 aromatic rings. The first kappa shape index (κ1) is 18.9. The van der Waals surface area contributed by atoms with E-state index in [4.69, 9.17) is 9.47 Å². The van der Waals surface area contributed by atoms with Crippen molar-refractivity contribution in [2.75, 3.05) is 0 Å². The topological polar surface area (TPSA) is 23.4 Å². The summed E-state index contributed by atoms with van der Waals surface area (Å²) in [7, 11) is 0. The molecule has 164 valence electrons. The molecular weight excluding hydrogens is 429 g/mol. The molecule has 4 heteroatoms. The van der Waals surface area contributed by atoms with Crippen molar-refractivity contribution in [3.05, 3.63) is 109 Å². The lowest BCUT2D eigenvalue weighted by atomic mass is 9.35. The van der Waals surface area contributed by atoms with Gasteiger partial charge in [0.1, 0.15) is 23.0 Å². The fraction of sp³-hybridized carbons (Fsp3) is 0.0323. The van der Waals surface area contributed by atoms with Crippen LogP contribution in [0, 0.1) is 6.92 Å². The van der Waals surface area contributed by atoms with Crippen LogP contribution in [0.5, 0.6) is 23.0 Å². The summed E-state index contributed by atoms with van der Waals surface area (Å²) in [4.78, 5) is 0. The second-order valence-electron chi connectivity index (χ2n) is 9.44. The van der Waals surface area contributed by atoms with E-state index in [2.05, 4.69) is 102 Å². The maximum atomic E-state index is 6.53. The number of hydrogen-bond acceptors (Lipinski definition) is 2. The van der Waals surface area contributed by atoms with Gasteiger partial charge in [0.25, 0.3) is 6.71 Å². The summed E-state index contributed by atoms with van der Waals surface area (Å²) in [6.07, 6.45) is 0. The Morgan fingerprint density at radius 2 is 1.17 bits per heavy atom. The van der Waals surface area contributed by atoms with Gasteiger partial charge in [0.2, 0.25) is 0 Å². The molecule has 1 aromatic heterocycles. The molecule has 3 heterocycles. The van der Waals surface area contributed by atoms with E-state index in [1.165, 1.54) is 38.3 Å². The predicted molar refractivity (Wildman–Crippen MR) is 143 cm³/mol. The van der Waals surface area contributed by atoms with Crippen LogP contribution in [0.15, 0.2) is 103 Å². The molecule has 0 atom stereocenters. The molecule has 0 N–H and O–H groups in total. The highest BCUT2D eigenvalue weighted by Gasteiger charge is 2.40. The van der Waals surface area contributed by atoms with Crippen LogP contribution >= 0.6 is 0 Å². The number of aryl methyl sites for hydroxylation is 1. The molecule has 0 fully saturated rings. The van der Waals surface area contributed by atoms with Gasteiger partial charge in [-0.05, 0) is 47.7 Å². The quantitative estimate of drug-likeness (QED) is 0.295.